The molecule has 78 valence electrons. The zero-order chi connectivity index (χ0) is 10.1. The number of hydrogen-bond acceptors (Lipinski definition) is 2. The van der Waals surface area contributed by atoms with Crippen molar-refractivity contribution in [2.45, 2.75) is 32.6 Å². The lowest BCUT2D eigenvalue weighted by Crippen LogP contribution is -2.27. The van der Waals surface area contributed by atoms with Crippen LogP contribution < -0.4 is 5.32 Å². The lowest BCUT2D eigenvalue weighted by atomic mass is 9.98. The van der Waals surface area contributed by atoms with Crippen molar-refractivity contribution in [3.05, 3.63) is 0 Å². The molecule has 0 unspecified atom stereocenters. The molecule has 0 heterocycles. The van der Waals surface area contributed by atoms with E-state index in [1.807, 2.05) is 11.8 Å². The van der Waals surface area contributed by atoms with Gasteiger partial charge in [0.2, 0.25) is 5.91 Å². The van der Waals surface area contributed by atoms with Crippen LogP contribution in [0.25, 0.3) is 0 Å². The lowest BCUT2D eigenvalue weighted by molar-refractivity contribution is -0.124. The Morgan fingerprint density at radius 1 is 1.46 bits per heavy atom. The Bertz CT molecular complexity index is 131. The van der Waals surface area contributed by atoms with Crippen LogP contribution in [0.5, 0.6) is 0 Å². The summed E-state index contributed by atoms with van der Waals surface area (Å²) in [5.41, 5.74) is 0. The minimum Gasteiger partial charge on any atom is -0.359 e. The van der Waals surface area contributed by atoms with E-state index in [1.54, 1.807) is 7.05 Å². The summed E-state index contributed by atoms with van der Waals surface area (Å²) in [5.74, 6) is 1.53. The third kappa shape index (κ3) is 5.97. The second-order valence-electron chi connectivity index (χ2n) is 3.23. The highest BCUT2D eigenvalue weighted by Crippen LogP contribution is 2.15. The molecular weight excluding hydrogens is 182 g/mol. The van der Waals surface area contributed by atoms with Gasteiger partial charge in [0.05, 0.1) is 0 Å². The summed E-state index contributed by atoms with van der Waals surface area (Å²) >= 11 is 1.81. The molecule has 0 radical (unpaired) electrons. The number of unbranched alkanes of at least 4 members (excludes halogenated alkanes) is 1. The summed E-state index contributed by atoms with van der Waals surface area (Å²) in [6.45, 7) is 2.16. The maximum atomic E-state index is 11.4. The van der Waals surface area contributed by atoms with Crippen molar-refractivity contribution in [3.8, 4) is 0 Å². The molecule has 3 heteroatoms. The highest BCUT2D eigenvalue weighted by atomic mass is 32.2. The van der Waals surface area contributed by atoms with E-state index >= 15 is 0 Å². The fourth-order valence-electron chi connectivity index (χ4n) is 1.32. The Balaban J connectivity index is 3.79. The summed E-state index contributed by atoms with van der Waals surface area (Å²) in [6, 6.07) is 0. The highest BCUT2D eigenvalue weighted by Gasteiger charge is 2.15. The van der Waals surface area contributed by atoms with Crippen LogP contribution in [0.2, 0.25) is 0 Å². The number of nitrogens with one attached hydrogen (secondary N) is 1. The van der Waals surface area contributed by atoms with Gasteiger partial charge in [0, 0.05) is 13.0 Å². The van der Waals surface area contributed by atoms with Crippen LogP contribution in [0.4, 0.5) is 0 Å². The maximum Gasteiger partial charge on any atom is 0.222 e. The molecule has 0 rings (SSSR count). The van der Waals surface area contributed by atoms with E-state index in [-0.39, 0.29) is 11.8 Å². The summed E-state index contributed by atoms with van der Waals surface area (Å²) < 4.78 is 0. The van der Waals surface area contributed by atoms with Crippen LogP contribution >= 0.6 is 11.8 Å². The number of thioether (sulfide) groups is 1. The molecule has 0 aliphatic carbocycles. The van der Waals surface area contributed by atoms with Crippen LogP contribution in [0.15, 0.2) is 0 Å². The molecule has 0 saturated carbocycles. The molecule has 0 aromatic heterocycles. The van der Waals surface area contributed by atoms with E-state index < -0.39 is 0 Å². The van der Waals surface area contributed by atoms with E-state index in [0.717, 1.165) is 25.0 Å². The first-order valence-corrected chi connectivity index (χ1v) is 6.36. The zero-order valence-corrected chi connectivity index (χ0v) is 9.75. The number of hydrogen-bond donors (Lipinski definition) is 1. The first kappa shape index (κ1) is 12.8. The van der Waals surface area contributed by atoms with Crippen molar-refractivity contribution in [1.29, 1.82) is 0 Å². The third-order valence-electron chi connectivity index (χ3n) is 2.19. The number of carbonyl (C=O) groups is 1. The van der Waals surface area contributed by atoms with Gasteiger partial charge in [-0.3, -0.25) is 4.79 Å². The molecule has 1 amide bonds. The van der Waals surface area contributed by atoms with E-state index in [2.05, 4.69) is 18.5 Å². The first-order valence-electron chi connectivity index (χ1n) is 4.96. The topological polar surface area (TPSA) is 29.1 Å². The van der Waals surface area contributed by atoms with E-state index in [4.69, 9.17) is 0 Å². The smallest absolute Gasteiger partial charge is 0.222 e. The number of amides is 1. The molecule has 2 nitrogen and oxygen atoms in total. The van der Waals surface area contributed by atoms with Crippen molar-refractivity contribution >= 4 is 17.7 Å². The first-order chi connectivity index (χ1) is 6.26. The Morgan fingerprint density at radius 3 is 2.62 bits per heavy atom. The van der Waals surface area contributed by atoms with Crippen molar-refractivity contribution in [1.82, 2.24) is 5.32 Å². The van der Waals surface area contributed by atoms with Crippen LogP contribution in [0.1, 0.15) is 32.6 Å². The van der Waals surface area contributed by atoms with Crippen LogP contribution in [-0.2, 0) is 4.79 Å². The van der Waals surface area contributed by atoms with E-state index in [1.165, 1.54) is 6.42 Å². The van der Waals surface area contributed by atoms with E-state index in [0.29, 0.717) is 0 Å². The fourth-order valence-corrected chi connectivity index (χ4v) is 1.84. The molecule has 1 N–H and O–H groups in total. The standard InChI is InChI=1S/C10H21NOS/c1-4-5-6-9(7-8-13-3)10(12)11-2/h9H,4-8H2,1-3H3,(H,11,12)/t9-/m0/s1. The van der Waals surface area contributed by atoms with Gasteiger partial charge in [0.15, 0.2) is 0 Å². The monoisotopic (exact) mass is 203 g/mol. The predicted octanol–water partition coefficient (Wildman–Crippen LogP) is 2.29. The van der Waals surface area contributed by atoms with Gasteiger partial charge in [-0.05, 0) is 24.9 Å². The van der Waals surface area contributed by atoms with Gasteiger partial charge in [-0.15, -0.1) is 0 Å². The SMILES string of the molecule is CCCC[C@@H](CCSC)C(=O)NC. The number of carbonyl (C=O) groups excluding carboxylic acids is 1. The highest BCUT2D eigenvalue weighted by molar-refractivity contribution is 7.98. The van der Waals surface area contributed by atoms with Gasteiger partial charge in [-0.1, -0.05) is 19.8 Å². The van der Waals surface area contributed by atoms with Crippen LogP contribution in [0, 0.1) is 5.92 Å². The summed E-state index contributed by atoms with van der Waals surface area (Å²) in [5, 5.41) is 2.73. The summed E-state index contributed by atoms with van der Waals surface area (Å²) in [4.78, 5) is 11.4. The molecule has 0 fully saturated rings. The predicted molar refractivity (Wildman–Crippen MR) is 60.1 cm³/mol. The quantitative estimate of drug-likeness (QED) is 0.688. The minimum absolute atomic E-state index is 0.211. The molecule has 0 bridgehead atoms. The van der Waals surface area contributed by atoms with Crippen molar-refractivity contribution in [3.63, 3.8) is 0 Å². The molecule has 0 aliphatic rings. The van der Waals surface area contributed by atoms with Crippen molar-refractivity contribution in [2.75, 3.05) is 19.1 Å². The Hall–Kier alpha value is -0.180. The average molecular weight is 203 g/mol. The molecule has 0 aromatic carbocycles. The lowest BCUT2D eigenvalue weighted by Gasteiger charge is -2.13. The van der Waals surface area contributed by atoms with E-state index in [9.17, 15) is 4.79 Å². The molecule has 13 heavy (non-hydrogen) atoms. The molecule has 0 aromatic rings. The van der Waals surface area contributed by atoms with Gasteiger partial charge in [-0.25, -0.2) is 0 Å². The summed E-state index contributed by atoms with van der Waals surface area (Å²) in [7, 11) is 1.72. The molecular formula is C10H21NOS. The van der Waals surface area contributed by atoms with Gasteiger partial charge in [0.25, 0.3) is 0 Å². The van der Waals surface area contributed by atoms with Gasteiger partial charge >= 0.3 is 0 Å². The average Bonchev–Trinajstić information content (AvgIpc) is 2.17. The summed E-state index contributed by atoms with van der Waals surface area (Å²) in [6.07, 6.45) is 6.47. The van der Waals surface area contributed by atoms with Gasteiger partial charge < -0.3 is 5.32 Å². The number of rotatable bonds is 7. The molecule has 0 saturated heterocycles. The van der Waals surface area contributed by atoms with Crippen molar-refractivity contribution in [2.24, 2.45) is 5.92 Å². The Kier molecular flexibility index (Phi) is 8.30. The maximum absolute atomic E-state index is 11.4. The normalized spacial score (nSPS) is 12.5. The Labute approximate surface area is 85.9 Å². The van der Waals surface area contributed by atoms with Gasteiger partial charge in [0.1, 0.15) is 0 Å². The van der Waals surface area contributed by atoms with Crippen LogP contribution in [0.3, 0.4) is 0 Å². The second kappa shape index (κ2) is 8.42. The Morgan fingerprint density at radius 2 is 2.15 bits per heavy atom. The van der Waals surface area contributed by atoms with Gasteiger partial charge in [-0.2, -0.15) is 11.8 Å². The largest absolute Gasteiger partial charge is 0.359 e. The molecule has 1 atom stereocenters. The fraction of sp³-hybridized carbons (Fsp3) is 0.900. The minimum atomic E-state index is 0.211. The molecule has 0 aliphatic heterocycles. The second-order valence-corrected chi connectivity index (χ2v) is 4.22. The third-order valence-corrected chi connectivity index (χ3v) is 2.84. The molecule has 0 spiro atoms. The van der Waals surface area contributed by atoms with Crippen LogP contribution in [-0.4, -0.2) is 25.0 Å². The zero-order valence-electron chi connectivity index (χ0n) is 8.93. The van der Waals surface area contributed by atoms with Crippen molar-refractivity contribution < 1.29 is 4.79 Å².